The van der Waals surface area contributed by atoms with Crippen molar-refractivity contribution in [2.75, 3.05) is 7.05 Å². The molecular weight excluding hydrogens is 218 g/mol. The van der Waals surface area contributed by atoms with Gasteiger partial charge in [-0.1, -0.05) is 6.07 Å². The van der Waals surface area contributed by atoms with Crippen molar-refractivity contribution in [2.24, 2.45) is 0 Å². The van der Waals surface area contributed by atoms with Crippen molar-refractivity contribution in [1.82, 2.24) is 15.3 Å². The minimum absolute atomic E-state index is 0.792. The van der Waals surface area contributed by atoms with E-state index in [1.165, 1.54) is 4.88 Å². The molecule has 0 amide bonds. The fourth-order valence-corrected chi connectivity index (χ4v) is 2.32. The summed E-state index contributed by atoms with van der Waals surface area (Å²) in [6, 6.07) is 6.20. The molecule has 0 aliphatic heterocycles. The van der Waals surface area contributed by atoms with Gasteiger partial charge in [0.1, 0.15) is 5.82 Å². The van der Waals surface area contributed by atoms with Crippen molar-refractivity contribution in [1.29, 1.82) is 0 Å². The first-order valence-corrected chi connectivity index (χ1v) is 6.16. The van der Waals surface area contributed by atoms with Gasteiger partial charge in [-0.3, -0.25) is 0 Å². The number of hydrogen-bond donors (Lipinski definition) is 1. The highest BCUT2D eigenvalue weighted by Gasteiger charge is 2.03. The lowest BCUT2D eigenvalue weighted by Crippen LogP contribution is -2.10. The lowest BCUT2D eigenvalue weighted by atomic mass is 10.3. The van der Waals surface area contributed by atoms with Crippen LogP contribution in [-0.4, -0.2) is 17.0 Å². The summed E-state index contributed by atoms with van der Waals surface area (Å²) in [4.78, 5) is 10.3. The summed E-state index contributed by atoms with van der Waals surface area (Å²) < 4.78 is 0. The van der Waals surface area contributed by atoms with Crippen LogP contribution in [-0.2, 0) is 13.0 Å². The lowest BCUT2D eigenvalue weighted by Gasteiger charge is -2.04. The number of hydrogen-bond acceptors (Lipinski definition) is 4. The molecule has 2 heterocycles. The normalized spacial score (nSPS) is 10.6. The molecule has 0 aromatic carbocycles. The molecule has 0 spiro atoms. The SMILES string of the molecule is CNCc1cc(C)nc(Cc2cccs2)n1. The number of aromatic nitrogens is 2. The quantitative estimate of drug-likeness (QED) is 0.879. The molecule has 4 heteroatoms. The fourth-order valence-electron chi connectivity index (χ4n) is 1.62. The van der Waals surface area contributed by atoms with Crippen LogP contribution < -0.4 is 5.32 Å². The molecule has 0 saturated heterocycles. The van der Waals surface area contributed by atoms with Crippen molar-refractivity contribution in [2.45, 2.75) is 19.9 Å². The summed E-state index contributed by atoms with van der Waals surface area (Å²) in [5.41, 5.74) is 2.09. The molecule has 0 unspecified atom stereocenters. The molecule has 3 nitrogen and oxygen atoms in total. The van der Waals surface area contributed by atoms with Crippen molar-refractivity contribution in [3.05, 3.63) is 45.7 Å². The van der Waals surface area contributed by atoms with E-state index in [-0.39, 0.29) is 0 Å². The maximum atomic E-state index is 4.53. The molecule has 16 heavy (non-hydrogen) atoms. The highest BCUT2D eigenvalue weighted by atomic mass is 32.1. The smallest absolute Gasteiger partial charge is 0.134 e. The Hall–Kier alpha value is -1.26. The molecule has 2 aromatic heterocycles. The van der Waals surface area contributed by atoms with E-state index in [1.807, 2.05) is 20.0 Å². The molecule has 0 bridgehead atoms. The lowest BCUT2D eigenvalue weighted by molar-refractivity contribution is 0.768. The Labute approximate surface area is 99.6 Å². The molecule has 0 aliphatic carbocycles. The van der Waals surface area contributed by atoms with Gasteiger partial charge >= 0.3 is 0 Å². The summed E-state index contributed by atoms with van der Waals surface area (Å²) in [5, 5.41) is 5.19. The molecule has 0 radical (unpaired) electrons. The standard InChI is InChI=1S/C12H15N3S/c1-9-6-10(8-13-2)15-12(14-9)7-11-4-3-5-16-11/h3-6,13H,7-8H2,1-2H3. The molecule has 84 valence electrons. The summed E-state index contributed by atoms with van der Waals surface area (Å²) in [7, 11) is 1.93. The predicted octanol–water partition coefficient (Wildman–Crippen LogP) is 2.16. The minimum atomic E-state index is 0.792. The van der Waals surface area contributed by atoms with Crippen LogP contribution in [0.5, 0.6) is 0 Å². The second-order valence-corrected chi connectivity index (χ2v) is 4.74. The van der Waals surface area contributed by atoms with Crippen molar-refractivity contribution >= 4 is 11.3 Å². The number of aryl methyl sites for hydroxylation is 1. The third-order valence-corrected chi connectivity index (χ3v) is 3.10. The van der Waals surface area contributed by atoms with E-state index in [1.54, 1.807) is 11.3 Å². The Bertz CT molecular complexity index is 451. The number of nitrogens with zero attached hydrogens (tertiary/aromatic N) is 2. The average Bonchev–Trinajstić information content (AvgIpc) is 2.70. The monoisotopic (exact) mass is 233 g/mol. The van der Waals surface area contributed by atoms with Crippen LogP contribution in [0.4, 0.5) is 0 Å². The molecular formula is C12H15N3S. The van der Waals surface area contributed by atoms with Crippen LogP contribution >= 0.6 is 11.3 Å². The first kappa shape index (κ1) is 11.2. The van der Waals surface area contributed by atoms with Crippen LogP contribution in [0.25, 0.3) is 0 Å². The summed E-state index contributed by atoms with van der Waals surface area (Å²) in [5.74, 6) is 0.910. The Morgan fingerprint density at radius 2 is 2.25 bits per heavy atom. The van der Waals surface area contributed by atoms with Gasteiger partial charge in [-0.25, -0.2) is 9.97 Å². The average molecular weight is 233 g/mol. The number of thiophene rings is 1. The van der Waals surface area contributed by atoms with Crippen LogP contribution in [0.3, 0.4) is 0 Å². The highest BCUT2D eigenvalue weighted by molar-refractivity contribution is 7.09. The first-order valence-electron chi connectivity index (χ1n) is 5.28. The molecule has 0 aliphatic rings. The van der Waals surface area contributed by atoms with E-state index in [0.717, 1.165) is 30.2 Å². The van der Waals surface area contributed by atoms with Gasteiger partial charge < -0.3 is 5.32 Å². The van der Waals surface area contributed by atoms with E-state index in [2.05, 4.69) is 32.8 Å². The number of rotatable bonds is 4. The van der Waals surface area contributed by atoms with Crippen LogP contribution in [0.15, 0.2) is 23.6 Å². The second-order valence-electron chi connectivity index (χ2n) is 3.70. The summed E-state index contributed by atoms with van der Waals surface area (Å²) in [6.07, 6.45) is 0.829. The number of nitrogens with one attached hydrogen (secondary N) is 1. The van der Waals surface area contributed by atoms with Gasteiger partial charge in [-0.15, -0.1) is 11.3 Å². The molecule has 2 aromatic rings. The van der Waals surface area contributed by atoms with Crippen molar-refractivity contribution in [3.63, 3.8) is 0 Å². The minimum Gasteiger partial charge on any atom is -0.314 e. The molecule has 0 atom stereocenters. The fraction of sp³-hybridized carbons (Fsp3) is 0.333. The van der Waals surface area contributed by atoms with Crippen molar-refractivity contribution in [3.8, 4) is 0 Å². The predicted molar refractivity (Wildman–Crippen MR) is 66.7 cm³/mol. The zero-order valence-corrected chi connectivity index (χ0v) is 10.3. The van der Waals surface area contributed by atoms with Gasteiger partial charge in [0.15, 0.2) is 0 Å². The molecule has 2 rings (SSSR count). The van der Waals surface area contributed by atoms with E-state index in [9.17, 15) is 0 Å². The van der Waals surface area contributed by atoms with E-state index in [0.29, 0.717) is 0 Å². The van der Waals surface area contributed by atoms with Gasteiger partial charge in [0.25, 0.3) is 0 Å². The zero-order chi connectivity index (χ0) is 11.4. The van der Waals surface area contributed by atoms with Crippen LogP contribution in [0.2, 0.25) is 0 Å². The Morgan fingerprint density at radius 1 is 1.38 bits per heavy atom. The Balaban J connectivity index is 2.20. The maximum Gasteiger partial charge on any atom is 0.134 e. The highest BCUT2D eigenvalue weighted by Crippen LogP contribution is 2.13. The zero-order valence-electron chi connectivity index (χ0n) is 9.53. The Morgan fingerprint density at radius 3 is 2.94 bits per heavy atom. The van der Waals surface area contributed by atoms with Crippen LogP contribution in [0.1, 0.15) is 22.1 Å². The topological polar surface area (TPSA) is 37.8 Å². The second kappa shape index (κ2) is 5.18. The van der Waals surface area contributed by atoms with Crippen molar-refractivity contribution < 1.29 is 0 Å². The summed E-state index contributed by atoms with van der Waals surface area (Å²) >= 11 is 1.75. The van der Waals surface area contributed by atoms with Gasteiger partial charge in [0, 0.05) is 23.5 Å². The molecule has 0 saturated carbocycles. The van der Waals surface area contributed by atoms with Gasteiger partial charge in [0.05, 0.1) is 5.69 Å². The van der Waals surface area contributed by atoms with E-state index < -0.39 is 0 Å². The Kier molecular flexibility index (Phi) is 3.64. The van der Waals surface area contributed by atoms with Crippen LogP contribution in [0, 0.1) is 6.92 Å². The third-order valence-electron chi connectivity index (χ3n) is 2.22. The summed E-state index contributed by atoms with van der Waals surface area (Å²) in [6.45, 7) is 2.81. The van der Waals surface area contributed by atoms with Gasteiger partial charge in [-0.2, -0.15) is 0 Å². The van der Waals surface area contributed by atoms with E-state index in [4.69, 9.17) is 0 Å². The third kappa shape index (κ3) is 2.87. The van der Waals surface area contributed by atoms with Gasteiger partial charge in [0.2, 0.25) is 0 Å². The molecule has 1 N–H and O–H groups in total. The van der Waals surface area contributed by atoms with Gasteiger partial charge in [-0.05, 0) is 31.5 Å². The largest absolute Gasteiger partial charge is 0.314 e. The maximum absolute atomic E-state index is 4.53. The first-order chi connectivity index (χ1) is 7.78. The molecule has 0 fully saturated rings. The van der Waals surface area contributed by atoms with E-state index >= 15 is 0 Å².